The van der Waals surface area contributed by atoms with E-state index in [-0.39, 0.29) is 39.5 Å². The molecule has 3 aliphatic heterocycles. The summed E-state index contributed by atoms with van der Waals surface area (Å²) in [6, 6.07) is 39.6. The molecule has 0 radical (unpaired) electrons. The summed E-state index contributed by atoms with van der Waals surface area (Å²) in [6.07, 6.45) is -5.49. The minimum Gasteiger partial charge on any atom is -0.438 e. The van der Waals surface area contributed by atoms with E-state index in [9.17, 15) is 4.79 Å². The van der Waals surface area contributed by atoms with Crippen molar-refractivity contribution in [1.29, 1.82) is 0 Å². The summed E-state index contributed by atoms with van der Waals surface area (Å²) in [6.45, 7) is 8.69. The van der Waals surface area contributed by atoms with Crippen LogP contribution in [0.4, 0.5) is 4.79 Å². The molecule has 3 saturated heterocycles. The highest BCUT2D eigenvalue weighted by Gasteiger charge is 2.63. The standard InChI is InChI=1S/C47H54O12/c1-5-26-47(58-40-37(32-54-45(48)49-4)55-44-42(40)57-46(2,3)59-44)43(53-30-36-24-16-9-17-25-36)41(52-29-35-22-14-8-15-23-35)39(51-28-34-20-12-7-13-21-34)38(56-47)31-50-27-33-18-10-6-11-19-33/h5-25,37-44H,1,26-32H2,2-4H3/t37-,38-,39+,40-,41+,42-,43-,44-,47-/m1/s1. The third-order valence-electron chi connectivity index (χ3n) is 10.4. The molecule has 4 aromatic carbocycles. The van der Waals surface area contributed by atoms with Gasteiger partial charge in [0.15, 0.2) is 12.1 Å². The average molecular weight is 811 g/mol. The first kappa shape index (κ1) is 42.6. The van der Waals surface area contributed by atoms with E-state index in [1.807, 2.05) is 121 Å². The van der Waals surface area contributed by atoms with Crippen LogP contribution < -0.4 is 0 Å². The quantitative estimate of drug-likeness (QED) is 0.0683. The van der Waals surface area contributed by atoms with Crippen LogP contribution in [0.3, 0.4) is 0 Å². The molecule has 0 unspecified atom stereocenters. The number of carbonyl (C=O) groups is 1. The molecule has 3 aliphatic rings. The highest BCUT2D eigenvalue weighted by molar-refractivity contribution is 5.59. The summed E-state index contributed by atoms with van der Waals surface area (Å²) in [5.41, 5.74) is 3.87. The zero-order valence-corrected chi connectivity index (χ0v) is 33.8. The maximum atomic E-state index is 12.2. The molecule has 12 heteroatoms. The third kappa shape index (κ3) is 11.0. The van der Waals surface area contributed by atoms with Gasteiger partial charge in [0.1, 0.15) is 49.3 Å². The maximum absolute atomic E-state index is 12.2. The van der Waals surface area contributed by atoms with Crippen molar-refractivity contribution in [3.63, 3.8) is 0 Å². The first-order valence-electron chi connectivity index (χ1n) is 20.0. The number of methoxy groups -OCH3 is 1. The zero-order chi connectivity index (χ0) is 41.1. The van der Waals surface area contributed by atoms with Gasteiger partial charge >= 0.3 is 6.16 Å². The highest BCUT2D eigenvalue weighted by Crippen LogP contribution is 2.46. The fourth-order valence-electron chi connectivity index (χ4n) is 7.69. The molecule has 0 saturated carbocycles. The van der Waals surface area contributed by atoms with Crippen molar-refractivity contribution < 1.29 is 56.9 Å². The molecule has 0 amide bonds. The van der Waals surface area contributed by atoms with E-state index < -0.39 is 66.7 Å². The van der Waals surface area contributed by atoms with E-state index in [0.29, 0.717) is 6.61 Å². The largest absolute Gasteiger partial charge is 0.508 e. The van der Waals surface area contributed by atoms with Crippen LogP contribution in [0.2, 0.25) is 0 Å². The van der Waals surface area contributed by atoms with Gasteiger partial charge < -0.3 is 52.1 Å². The van der Waals surface area contributed by atoms with Gasteiger partial charge in [-0.2, -0.15) is 0 Å². The molecule has 314 valence electrons. The second-order valence-electron chi connectivity index (χ2n) is 15.2. The highest BCUT2D eigenvalue weighted by atomic mass is 16.9. The molecule has 12 nitrogen and oxygen atoms in total. The van der Waals surface area contributed by atoms with Crippen LogP contribution in [0.1, 0.15) is 42.5 Å². The predicted octanol–water partition coefficient (Wildman–Crippen LogP) is 7.68. The van der Waals surface area contributed by atoms with Crippen LogP contribution >= 0.6 is 0 Å². The molecule has 3 heterocycles. The Hall–Kier alpha value is -4.47. The molecule has 7 rings (SSSR count). The molecular weight excluding hydrogens is 757 g/mol. The minimum absolute atomic E-state index is 0.113. The van der Waals surface area contributed by atoms with Crippen LogP contribution in [0, 0.1) is 0 Å². The second-order valence-corrected chi connectivity index (χ2v) is 15.2. The van der Waals surface area contributed by atoms with Crippen LogP contribution in [-0.4, -0.2) is 87.1 Å². The third-order valence-corrected chi connectivity index (χ3v) is 10.4. The van der Waals surface area contributed by atoms with Crippen molar-refractivity contribution in [1.82, 2.24) is 0 Å². The van der Waals surface area contributed by atoms with Crippen molar-refractivity contribution in [3.05, 3.63) is 156 Å². The SMILES string of the molecule is C=CC[C@]1(O[C@H]2[C@H]3OC(C)(C)O[C@H]3O[C@@H]2COC(=O)OC)O[C@H](COCc2ccccc2)[C@H](OCc2ccccc2)[C@H](OCc2ccccc2)[C@H]1OCc1ccccc1. The summed E-state index contributed by atoms with van der Waals surface area (Å²) in [4.78, 5) is 12.2. The van der Waals surface area contributed by atoms with Gasteiger partial charge in [-0.15, -0.1) is 6.58 Å². The Kier molecular flexibility index (Phi) is 14.6. The Balaban J connectivity index is 1.30. The van der Waals surface area contributed by atoms with Gasteiger partial charge in [0, 0.05) is 6.42 Å². The number of carbonyl (C=O) groups excluding carboxylic acids is 1. The normalized spacial score (nSPS) is 28.5. The molecule has 0 bridgehead atoms. The van der Waals surface area contributed by atoms with E-state index in [0.717, 1.165) is 22.3 Å². The molecule has 3 fully saturated rings. The smallest absolute Gasteiger partial charge is 0.438 e. The van der Waals surface area contributed by atoms with Crippen LogP contribution in [-0.2, 0) is 78.5 Å². The van der Waals surface area contributed by atoms with E-state index in [2.05, 4.69) is 6.58 Å². The van der Waals surface area contributed by atoms with E-state index in [1.165, 1.54) is 7.11 Å². The topological polar surface area (TPSA) is 119 Å². The summed E-state index contributed by atoms with van der Waals surface area (Å²) in [5.74, 6) is -2.59. The lowest BCUT2D eigenvalue weighted by Gasteiger charge is -2.53. The number of ether oxygens (including phenoxy) is 11. The number of rotatable bonds is 19. The number of fused-ring (bicyclic) bond motifs is 1. The lowest BCUT2D eigenvalue weighted by Crippen LogP contribution is -2.69. The lowest BCUT2D eigenvalue weighted by molar-refractivity contribution is -0.397. The molecule has 0 N–H and O–H groups in total. The first-order chi connectivity index (χ1) is 28.8. The van der Waals surface area contributed by atoms with E-state index in [4.69, 9.17) is 52.1 Å². The van der Waals surface area contributed by atoms with Crippen LogP contribution in [0.25, 0.3) is 0 Å². The van der Waals surface area contributed by atoms with Crippen molar-refractivity contribution in [2.75, 3.05) is 20.3 Å². The Labute approximate surface area is 346 Å². The Morgan fingerprint density at radius 3 is 1.71 bits per heavy atom. The molecule has 4 aromatic rings. The van der Waals surface area contributed by atoms with Gasteiger partial charge in [0.2, 0.25) is 5.79 Å². The molecule has 9 atom stereocenters. The zero-order valence-electron chi connectivity index (χ0n) is 33.8. The lowest BCUT2D eigenvalue weighted by atomic mass is 9.89. The average Bonchev–Trinajstić information content (AvgIpc) is 3.73. The monoisotopic (exact) mass is 810 g/mol. The molecule has 0 aliphatic carbocycles. The maximum Gasteiger partial charge on any atom is 0.508 e. The molecule has 0 spiro atoms. The van der Waals surface area contributed by atoms with Crippen molar-refractivity contribution in [3.8, 4) is 0 Å². The summed E-state index contributed by atoms with van der Waals surface area (Å²) < 4.78 is 70.9. The molecule has 0 aromatic heterocycles. The Morgan fingerprint density at radius 1 is 0.644 bits per heavy atom. The van der Waals surface area contributed by atoms with Gasteiger partial charge in [-0.3, -0.25) is 0 Å². The number of hydrogen-bond donors (Lipinski definition) is 0. The Bertz CT molecular complexity index is 1880. The molecular formula is C47H54O12. The first-order valence-corrected chi connectivity index (χ1v) is 20.0. The number of benzene rings is 4. The fraction of sp³-hybridized carbons (Fsp3) is 0.426. The van der Waals surface area contributed by atoms with Gasteiger partial charge in [0.25, 0.3) is 0 Å². The van der Waals surface area contributed by atoms with Crippen molar-refractivity contribution in [2.45, 2.75) is 107 Å². The Morgan fingerprint density at radius 2 is 1.17 bits per heavy atom. The van der Waals surface area contributed by atoms with Gasteiger partial charge in [-0.05, 0) is 36.1 Å². The van der Waals surface area contributed by atoms with Gasteiger partial charge in [-0.25, -0.2) is 4.79 Å². The van der Waals surface area contributed by atoms with E-state index >= 15 is 0 Å². The minimum atomic E-state index is -1.60. The van der Waals surface area contributed by atoms with Gasteiger partial charge in [0.05, 0.1) is 40.1 Å². The molecule has 59 heavy (non-hydrogen) atoms. The second kappa shape index (κ2) is 20.2. The fourth-order valence-corrected chi connectivity index (χ4v) is 7.69. The van der Waals surface area contributed by atoms with Crippen molar-refractivity contribution >= 4 is 6.16 Å². The summed E-state index contributed by atoms with van der Waals surface area (Å²) in [5, 5.41) is 0. The number of hydrogen-bond acceptors (Lipinski definition) is 12. The summed E-state index contributed by atoms with van der Waals surface area (Å²) in [7, 11) is 1.24. The predicted molar refractivity (Wildman–Crippen MR) is 216 cm³/mol. The van der Waals surface area contributed by atoms with Gasteiger partial charge in [-0.1, -0.05) is 127 Å². The summed E-state index contributed by atoms with van der Waals surface area (Å²) >= 11 is 0. The van der Waals surface area contributed by atoms with E-state index in [1.54, 1.807) is 19.9 Å². The van der Waals surface area contributed by atoms with Crippen LogP contribution in [0.5, 0.6) is 0 Å². The van der Waals surface area contributed by atoms with Crippen LogP contribution in [0.15, 0.2) is 134 Å². The van der Waals surface area contributed by atoms with Crippen molar-refractivity contribution in [2.24, 2.45) is 0 Å².